The summed E-state index contributed by atoms with van der Waals surface area (Å²) in [5.74, 6) is 0.148. The van der Waals surface area contributed by atoms with Crippen LogP contribution in [0.3, 0.4) is 0 Å². The van der Waals surface area contributed by atoms with Gasteiger partial charge in [0.25, 0.3) is 0 Å². The van der Waals surface area contributed by atoms with Crippen molar-refractivity contribution in [2.45, 2.75) is 17.6 Å². The van der Waals surface area contributed by atoms with Gasteiger partial charge in [0.15, 0.2) is 5.78 Å². The van der Waals surface area contributed by atoms with Gasteiger partial charge in [-0.3, -0.25) is 4.79 Å². The number of nitriles is 1. The molecule has 0 N–H and O–H groups in total. The molecule has 2 aromatic rings. The fraction of sp³-hybridized carbons (Fsp3) is 0.125. The van der Waals surface area contributed by atoms with Crippen LogP contribution in [0.15, 0.2) is 47.4 Å². The molecule has 0 aliphatic heterocycles. The maximum atomic E-state index is 13.2. The lowest BCUT2D eigenvalue weighted by atomic mass is 10.1. The minimum absolute atomic E-state index is 0.0101. The Hall–Kier alpha value is -2.12. The summed E-state index contributed by atoms with van der Waals surface area (Å²) in [7, 11) is 0. The monoisotopic (exact) mass is 285 g/mol. The van der Waals surface area contributed by atoms with E-state index in [1.165, 1.54) is 36.9 Å². The lowest BCUT2D eigenvalue weighted by Crippen LogP contribution is -1.92. The summed E-state index contributed by atoms with van der Waals surface area (Å²) in [5.41, 5.74) is 1.78. The van der Waals surface area contributed by atoms with Crippen molar-refractivity contribution in [3.05, 3.63) is 65.0 Å². The van der Waals surface area contributed by atoms with E-state index >= 15 is 0 Å². The molecule has 0 atom stereocenters. The molecule has 0 saturated carbocycles. The molecule has 0 aromatic heterocycles. The normalized spacial score (nSPS) is 10.1. The van der Waals surface area contributed by atoms with Crippen LogP contribution in [0.4, 0.5) is 4.39 Å². The van der Waals surface area contributed by atoms with Gasteiger partial charge in [-0.25, -0.2) is 4.39 Å². The molecular formula is C16H12FNOS. The average Bonchev–Trinajstić information content (AvgIpc) is 2.45. The first-order valence-corrected chi connectivity index (χ1v) is 7.01. The fourth-order valence-electron chi connectivity index (χ4n) is 1.76. The molecule has 0 bridgehead atoms. The number of nitrogens with zero attached hydrogens (tertiary/aromatic N) is 1. The maximum absolute atomic E-state index is 13.2. The summed E-state index contributed by atoms with van der Waals surface area (Å²) in [6, 6.07) is 13.5. The third kappa shape index (κ3) is 3.46. The molecule has 0 aliphatic carbocycles. The minimum Gasteiger partial charge on any atom is -0.295 e. The van der Waals surface area contributed by atoms with Gasteiger partial charge in [0.1, 0.15) is 5.82 Å². The first-order valence-electron chi connectivity index (χ1n) is 6.02. The van der Waals surface area contributed by atoms with E-state index in [1.807, 2.05) is 12.1 Å². The summed E-state index contributed by atoms with van der Waals surface area (Å²) in [6.45, 7) is 1.52. The van der Waals surface area contributed by atoms with Gasteiger partial charge < -0.3 is 0 Å². The van der Waals surface area contributed by atoms with Crippen molar-refractivity contribution in [3.63, 3.8) is 0 Å². The molecule has 2 rings (SSSR count). The van der Waals surface area contributed by atoms with Crippen molar-refractivity contribution >= 4 is 17.5 Å². The van der Waals surface area contributed by atoms with Gasteiger partial charge in [-0.15, -0.1) is 11.8 Å². The van der Waals surface area contributed by atoms with E-state index in [1.54, 1.807) is 12.1 Å². The number of benzene rings is 2. The van der Waals surface area contributed by atoms with Gasteiger partial charge >= 0.3 is 0 Å². The van der Waals surface area contributed by atoms with E-state index in [-0.39, 0.29) is 11.6 Å². The second-order valence-electron chi connectivity index (χ2n) is 4.29. The molecule has 0 spiro atoms. The Kier molecular flexibility index (Phi) is 4.54. The number of ketones is 1. The summed E-state index contributed by atoms with van der Waals surface area (Å²) in [4.78, 5) is 12.2. The Balaban J connectivity index is 2.17. The largest absolute Gasteiger partial charge is 0.295 e. The Bertz CT molecular complexity index is 691. The zero-order chi connectivity index (χ0) is 14.5. The van der Waals surface area contributed by atoms with E-state index in [9.17, 15) is 9.18 Å². The number of Topliss-reactive ketones (excluding diaryl/α,β-unsaturated/α-hetero) is 1. The van der Waals surface area contributed by atoms with Gasteiger partial charge in [0.05, 0.1) is 11.6 Å². The second-order valence-corrected chi connectivity index (χ2v) is 5.33. The molecule has 0 aliphatic rings. The standard InChI is InChI=1S/C16H12FNOS/c1-11(19)12-3-2-4-16(8-12)20-10-14-7-15(17)6-5-13(14)9-18/h2-8H,10H2,1H3. The highest BCUT2D eigenvalue weighted by atomic mass is 32.2. The average molecular weight is 285 g/mol. The van der Waals surface area contributed by atoms with Crippen LogP contribution < -0.4 is 0 Å². The van der Waals surface area contributed by atoms with Gasteiger partial charge in [-0.1, -0.05) is 12.1 Å². The molecule has 100 valence electrons. The summed E-state index contributed by atoms with van der Waals surface area (Å²) < 4.78 is 13.2. The number of carbonyl (C=O) groups is 1. The highest BCUT2D eigenvalue weighted by Gasteiger charge is 2.06. The third-order valence-corrected chi connectivity index (χ3v) is 3.87. The van der Waals surface area contributed by atoms with Crippen molar-refractivity contribution in [2.75, 3.05) is 0 Å². The summed E-state index contributed by atoms with van der Waals surface area (Å²) >= 11 is 1.47. The number of carbonyl (C=O) groups excluding carboxylic acids is 1. The van der Waals surface area contributed by atoms with E-state index in [4.69, 9.17) is 5.26 Å². The molecule has 0 radical (unpaired) electrons. The Morgan fingerprint density at radius 2 is 2.10 bits per heavy atom. The zero-order valence-corrected chi connectivity index (χ0v) is 11.7. The highest BCUT2D eigenvalue weighted by molar-refractivity contribution is 7.98. The van der Waals surface area contributed by atoms with Gasteiger partial charge in [0, 0.05) is 16.2 Å². The van der Waals surface area contributed by atoms with Gasteiger partial charge in [0.2, 0.25) is 0 Å². The fourth-order valence-corrected chi connectivity index (χ4v) is 2.70. The Morgan fingerprint density at radius 1 is 1.30 bits per heavy atom. The molecule has 4 heteroatoms. The maximum Gasteiger partial charge on any atom is 0.159 e. The molecule has 20 heavy (non-hydrogen) atoms. The quantitative estimate of drug-likeness (QED) is 0.624. The lowest BCUT2D eigenvalue weighted by Gasteiger charge is -2.05. The second kappa shape index (κ2) is 6.36. The van der Waals surface area contributed by atoms with Crippen LogP contribution in [0.2, 0.25) is 0 Å². The summed E-state index contributed by atoms with van der Waals surface area (Å²) in [5, 5.41) is 9.00. The van der Waals surface area contributed by atoms with Crippen LogP contribution in [-0.4, -0.2) is 5.78 Å². The molecule has 0 amide bonds. The van der Waals surface area contributed by atoms with Crippen molar-refractivity contribution in [1.82, 2.24) is 0 Å². The highest BCUT2D eigenvalue weighted by Crippen LogP contribution is 2.25. The zero-order valence-electron chi connectivity index (χ0n) is 10.9. The molecule has 2 nitrogen and oxygen atoms in total. The minimum atomic E-state index is -0.350. The van der Waals surface area contributed by atoms with Crippen molar-refractivity contribution in [1.29, 1.82) is 5.26 Å². The number of hydrogen-bond acceptors (Lipinski definition) is 3. The van der Waals surface area contributed by atoms with Crippen LogP contribution >= 0.6 is 11.8 Å². The van der Waals surface area contributed by atoms with Crippen LogP contribution in [0, 0.1) is 17.1 Å². The number of thioether (sulfide) groups is 1. The summed E-state index contributed by atoms with van der Waals surface area (Å²) in [6.07, 6.45) is 0. The predicted molar refractivity (Wildman–Crippen MR) is 77.1 cm³/mol. The van der Waals surface area contributed by atoms with E-state index in [2.05, 4.69) is 6.07 Å². The first kappa shape index (κ1) is 14.3. The third-order valence-electron chi connectivity index (χ3n) is 2.82. The molecule has 2 aromatic carbocycles. The van der Waals surface area contributed by atoms with Crippen LogP contribution in [0.25, 0.3) is 0 Å². The predicted octanol–water partition coefficient (Wildman–Crippen LogP) is 4.19. The van der Waals surface area contributed by atoms with E-state index in [0.717, 1.165) is 4.90 Å². The van der Waals surface area contributed by atoms with Crippen molar-refractivity contribution in [3.8, 4) is 6.07 Å². The smallest absolute Gasteiger partial charge is 0.159 e. The van der Waals surface area contributed by atoms with Crippen LogP contribution in [-0.2, 0) is 5.75 Å². The topological polar surface area (TPSA) is 40.9 Å². The van der Waals surface area contributed by atoms with Crippen LogP contribution in [0.1, 0.15) is 28.4 Å². The molecule has 0 saturated heterocycles. The van der Waals surface area contributed by atoms with Gasteiger partial charge in [-0.05, 0) is 42.8 Å². The lowest BCUT2D eigenvalue weighted by molar-refractivity contribution is 0.101. The molecule has 0 heterocycles. The Labute approximate surface area is 121 Å². The molecule has 0 unspecified atom stereocenters. The SMILES string of the molecule is CC(=O)c1cccc(SCc2cc(F)ccc2C#N)c1. The van der Waals surface area contributed by atoms with Gasteiger partial charge in [-0.2, -0.15) is 5.26 Å². The Morgan fingerprint density at radius 3 is 2.80 bits per heavy atom. The first-order chi connectivity index (χ1) is 9.60. The number of rotatable bonds is 4. The molecular weight excluding hydrogens is 273 g/mol. The molecule has 0 fully saturated rings. The van der Waals surface area contributed by atoms with E-state index in [0.29, 0.717) is 22.4 Å². The van der Waals surface area contributed by atoms with Crippen molar-refractivity contribution in [2.24, 2.45) is 0 Å². The van der Waals surface area contributed by atoms with Crippen LogP contribution in [0.5, 0.6) is 0 Å². The number of halogens is 1. The number of hydrogen-bond donors (Lipinski definition) is 0. The van der Waals surface area contributed by atoms with Crippen molar-refractivity contribution < 1.29 is 9.18 Å². The van der Waals surface area contributed by atoms with E-state index < -0.39 is 0 Å².